The standard InChI is InChI=1S/C21H20FN5O2/c1-13-11-14(7-8-15(13)22)19-12-17(25-26(19)2)20(28)23-9-10-27-18-6-4-3-5-16(18)24-21(27)29/h3-8,11-12H,9-10H2,1-2H3,(H,23,28)(H,24,29). The molecule has 4 aromatic rings. The highest BCUT2D eigenvalue weighted by Gasteiger charge is 2.15. The van der Waals surface area contributed by atoms with Gasteiger partial charge in [-0.1, -0.05) is 12.1 Å². The Balaban J connectivity index is 1.47. The molecule has 1 amide bonds. The molecule has 29 heavy (non-hydrogen) atoms. The summed E-state index contributed by atoms with van der Waals surface area (Å²) >= 11 is 0. The van der Waals surface area contributed by atoms with Crippen LogP contribution in [0.2, 0.25) is 0 Å². The predicted octanol–water partition coefficient (Wildman–Crippen LogP) is 2.61. The van der Waals surface area contributed by atoms with Crippen LogP contribution in [-0.4, -0.2) is 31.8 Å². The number of halogens is 1. The van der Waals surface area contributed by atoms with Crippen LogP contribution in [0.1, 0.15) is 16.1 Å². The number of para-hydroxylation sites is 2. The lowest BCUT2D eigenvalue weighted by Crippen LogP contribution is -2.30. The van der Waals surface area contributed by atoms with Crippen LogP contribution in [0.4, 0.5) is 4.39 Å². The first-order valence-electron chi connectivity index (χ1n) is 9.20. The molecule has 0 spiro atoms. The number of aromatic amines is 1. The van der Waals surface area contributed by atoms with Crippen molar-refractivity contribution in [3.8, 4) is 11.3 Å². The fourth-order valence-corrected chi connectivity index (χ4v) is 3.35. The first-order chi connectivity index (χ1) is 13.9. The molecule has 0 aliphatic carbocycles. The van der Waals surface area contributed by atoms with E-state index in [0.717, 1.165) is 16.6 Å². The summed E-state index contributed by atoms with van der Waals surface area (Å²) < 4.78 is 16.7. The van der Waals surface area contributed by atoms with Crippen molar-refractivity contribution in [2.24, 2.45) is 7.05 Å². The van der Waals surface area contributed by atoms with E-state index in [0.29, 0.717) is 17.8 Å². The lowest BCUT2D eigenvalue weighted by atomic mass is 10.1. The Labute approximate surface area is 165 Å². The molecular formula is C21H20FN5O2. The number of carbonyl (C=O) groups excluding carboxylic acids is 1. The Morgan fingerprint density at radius 2 is 2.00 bits per heavy atom. The van der Waals surface area contributed by atoms with Crippen LogP contribution in [0.15, 0.2) is 53.3 Å². The van der Waals surface area contributed by atoms with E-state index in [2.05, 4.69) is 15.4 Å². The summed E-state index contributed by atoms with van der Waals surface area (Å²) in [6, 6.07) is 13.8. The zero-order chi connectivity index (χ0) is 20.5. The molecule has 4 rings (SSSR count). The SMILES string of the molecule is Cc1cc(-c2cc(C(=O)NCCn3c(=O)[nH]c4ccccc43)nn2C)ccc1F. The molecule has 2 aromatic carbocycles. The van der Waals surface area contributed by atoms with Crippen molar-refractivity contribution in [2.45, 2.75) is 13.5 Å². The summed E-state index contributed by atoms with van der Waals surface area (Å²) in [5.41, 5.74) is 3.61. The highest BCUT2D eigenvalue weighted by molar-refractivity contribution is 5.93. The molecule has 0 saturated carbocycles. The zero-order valence-corrected chi connectivity index (χ0v) is 16.1. The van der Waals surface area contributed by atoms with Gasteiger partial charge in [0.05, 0.1) is 16.7 Å². The molecule has 0 atom stereocenters. The second-order valence-corrected chi connectivity index (χ2v) is 6.86. The van der Waals surface area contributed by atoms with Gasteiger partial charge in [-0.15, -0.1) is 0 Å². The number of benzene rings is 2. The normalized spacial score (nSPS) is 11.1. The van der Waals surface area contributed by atoms with Crippen LogP contribution in [0.5, 0.6) is 0 Å². The number of aromatic nitrogens is 4. The summed E-state index contributed by atoms with van der Waals surface area (Å²) in [7, 11) is 1.73. The van der Waals surface area contributed by atoms with Crippen molar-refractivity contribution in [1.29, 1.82) is 0 Å². The Morgan fingerprint density at radius 3 is 2.79 bits per heavy atom. The monoisotopic (exact) mass is 393 g/mol. The lowest BCUT2D eigenvalue weighted by molar-refractivity contribution is 0.0946. The Kier molecular flexibility index (Phi) is 4.75. The van der Waals surface area contributed by atoms with E-state index in [1.165, 1.54) is 6.07 Å². The number of imidazole rings is 1. The maximum atomic E-state index is 13.5. The topological polar surface area (TPSA) is 84.7 Å². The van der Waals surface area contributed by atoms with Gasteiger partial charge in [-0.2, -0.15) is 5.10 Å². The fourth-order valence-electron chi connectivity index (χ4n) is 3.35. The van der Waals surface area contributed by atoms with Gasteiger partial charge in [-0.05, 0) is 48.9 Å². The van der Waals surface area contributed by atoms with Crippen LogP contribution in [-0.2, 0) is 13.6 Å². The Bertz CT molecular complexity index is 1270. The number of amides is 1. The van der Waals surface area contributed by atoms with Crippen molar-refractivity contribution < 1.29 is 9.18 Å². The van der Waals surface area contributed by atoms with Gasteiger partial charge in [0.1, 0.15) is 5.82 Å². The van der Waals surface area contributed by atoms with E-state index in [1.807, 2.05) is 24.3 Å². The zero-order valence-electron chi connectivity index (χ0n) is 16.1. The molecule has 148 valence electrons. The quantitative estimate of drug-likeness (QED) is 0.547. The first kappa shape index (κ1) is 18.7. The van der Waals surface area contributed by atoms with E-state index in [-0.39, 0.29) is 29.7 Å². The third-order valence-electron chi connectivity index (χ3n) is 4.87. The number of hydrogen-bond donors (Lipinski definition) is 2. The number of rotatable bonds is 5. The minimum Gasteiger partial charge on any atom is -0.349 e. The molecule has 0 aliphatic heterocycles. The maximum absolute atomic E-state index is 13.5. The minimum absolute atomic E-state index is 0.216. The Hall–Kier alpha value is -3.68. The van der Waals surface area contributed by atoms with Crippen molar-refractivity contribution >= 4 is 16.9 Å². The smallest absolute Gasteiger partial charge is 0.326 e. The first-order valence-corrected chi connectivity index (χ1v) is 9.20. The van der Waals surface area contributed by atoms with Crippen LogP contribution in [0, 0.1) is 12.7 Å². The highest BCUT2D eigenvalue weighted by Crippen LogP contribution is 2.22. The average molecular weight is 393 g/mol. The molecule has 2 heterocycles. The highest BCUT2D eigenvalue weighted by atomic mass is 19.1. The molecular weight excluding hydrogens is 373 g/mol. The van der Waals surface area contributed by atoms with Crippen LogP contribution < -0.4 is 11.0 Å². The minimum atomic E-state index is -0.335. The summed E-state index contributed by atoms with van der Waals surface area (Å²) in [4.78, 5) is 27.4. The Morgan fingerprint density at radius 1 is 1.21 bits per heavy atom. The van der Waals surface area contributed by atoms with Crippen LogP contribution in [0.25, 0.3) is 22.3 Å². The summed E-state index contributed by atoms with van der Waals surface area (Å²) in [5.74, 6) is -0.611. The third-order valence-corrected chi connectivity index (χ3v) is 4.87. The van der Waals surface area contributed by atoms with Gasteiger partial charge in [0.25, 0.3) is 5.91 Å². The molecule has 7 nitrogen and oxygen atoms in total. The van der Waals surface area contributed by atoms with Crippen molar-refractivity contribution in [3.63, 3.8) is 0 Å². The molecule has 0 saturated heterocycles. The number of carbonyl (C=O) groups is 1. The van der Waals surface area contributed by atoms with Crippen LogP contribution >= 0.6 is 0 Å². The summed E-state index contributed by atoms with van der Waals surface area (Å²) in [5, 5.41) is 7.05. The number of nitrogens with zero attached hydrogens (tertiary/aromatic N) is 3. The number of aryl methyl sites for hydroxylation is 2. The third kappa shape index (κ3) is 3.56. The van der Waals surface area contributed by atoms with Gasteiger partial charge in [0.15, 0.2) is 5.69 Å². The van der Waals surface area contributed by atoms with Gasteiger partial charge in [0.2, 0.25) is 0 Å². The molecule has 0 aliphatic rings. The van der Waals surface area contributed by atoms with E-state index in [1.54, 1.807) is 41.4 Å². The summed E-state index contributed by atoms with van der Waals surface area (Å²) in [6.45, 7) is 2.31. The van der Waals surface area contributed by atoms with Gasteiger partial charge in [-0.25, -0.2) is 9.18 Å². The summed E-state index contributed by atoms with van der Waals surface area (Å²) in [6.07, 6.45) is 0. The predicted molar refractivity (Wildman–Crippen MR) is 108 cm³/mol. The number of H-pyrrole nitrogens is 1. The lowest BCUT2D eigenvalue weighted by Gasteiger charge is -2.05. The van der Waals surface area contributed by atoms with Gasteiger partial charge in [-0.3, -0.25) is 14.0 Å². The number of nitrogens with one attached hydrogen (secondary N) is 2. The molecule has 0 bridgehead atoms. The molecule has 2 N–H and O–H groups in total. The van der Waals surface area contributed by atoms with Crippen molar-refractivity contribution in [3.05, 3.63) is 76.1 Å². The van der Waals surface area contributed by atoms with E-state index in [4.69, 9.17) is 0 Å². The van der Waals surface area contributed by atoms with E-state index >= 15 is 0 Å². The average Bonchev–Trinajstić information content (AvgIpc) is 3.24. The van der Waals surface area contributed by atoms with E-state index < -0.39 is 0 Å². The van der Waals surface area contributed by atoms with Crippen LogP contribution in [0.3, 0.4) is 0 Å². The van der Waals surface area contributed by atoms with Gasteiger partial charge < -0.3 is 10.3 Å². The second-order valence-electron chi connectivity index (χ2n) is 6.86. The number of hydrogen-bond acceptors (Lipinski definition) is 3. The molecule has 0 unspecified atom stereocenters. The maximum Gasteiger partial charge on any atom is 0.326 e. The number of fused-ring (bicyclic) bond motifs is 1. The van der Waals surface area contributed by atoms with Crippen molar-refractivity contribution in [2.75, 3.05) is 6.54 Å². The van der Waals surface area contributed by atoms with Crippen molar-refractivity contribution in [1.82, 2.24) is 24.6 Å². The molecule has 8 heteroatoms. The molecule has 0 radical (unpaired) electrons. The largest absolute Gasteiger partial charge is 0.349 e. The fraction of sp³-hybridized carbons (Fsp3) is 0.190. The molecule has 0 fully saturated rings. The van der Waals surface area contributed by atoms with Gasteiger partial charge in [0, 0.05) is 25.7 Å². The molecule has 2 aromatic heterocycles. The van der Waals surface area contributed by atoms with Gasteiger partial charge >= 0.3 is 5.69 Å². The van der Waals surface area contributed by atoms with E-state index in [9.17, 15) is 14.0 Å². The second kappa shape index (κ2) is 7.38.